The van der Waals surface area contributed by atoms with E-state index >= 15 is 0 Å². The lowest BCUT2D eigenvalue weighted by atomic mass is 10.1. The van der Waals surface area contributed by atoms with E-state index in [0.29, 0.717) is 11.3 Å². The van der Waals surface area contributed by atoms with E-state index in [-0.39, 0.29) is 23.6 Å². The van der Waals surface area contributed by atoms with Crippen molar-refractivity contribution in [3.05, 3.63) is 40.9 Å². The molecule has 4 atom stereocenters. The average molecular weight is 500 g/mol. The van der Waals surface area contributed by atoms with E-state index < -0.39 is 48.0 Å². The number of H-pyrrole nitrogens is 1. The number of nitrogens with zero attached hydrogens (tertiary/aromatic N) is 3. The summed E-state index contributed by atoms with van der Waals surface area (Å²) in [7, 11) is 1.53. The van der Waals surface area contributed by atoms with Gasteiger partial charge in [0.2, 0.25) is 0 Å². The van der Waals surface area contributed by atoms with Gasteiger partial charge in [0.05, 0.1) is 13.4 Å². The van der Waals surface area contributed by atoms with Crippen molar-refractivity contribution in [3.8, 4) is 17.1 Å². The number of fused-ring (bicyclic) bond motifs is 1. The Hall–Kier alpha value is -4.26. The summed E-state index contributed by atoms with van der Waals surface area (Å²) in [6, 6.07) is 6.86. The molecule has 1 aromatic carbocycles. The smallest absolute Gasteiger partial charge is 0.303 e. The summed E-state index contributed by atoms with van der Waals surface area (Å²) in [6.45, 7) is 3.33. The van der Waals surface area contributed by atoms with Gasteiger partial charge in [-0.25, -0.2) is 9.97 Å². The first-order chi connectivity index (χ1) is 17.2. The second kappa shape index (κ2) is 10.2. The van der Waals surface area contributed by atoms with Crippen LogP contribution in [0.4, 0.5) is 0 Å². The summed E-state index contributed by atoms with van der Waals surface area (Å²) in [5.41, 5.74) is 0.233. The Morgan fingerprint density at radius 1 is 1.03 bits per heavy atom. The third-order valence-corrected chi connectivity index (χ3v) is 5.43. The highest BCUT2D eigenvalue weighted by molar-refractivity contribution is 5.77. The second-order valence-corrected chi connectivity index (χ2v) is 7.95. The molecule has 4 rings (SSSR count). The minimum Gasteiger partial charge on any atom is -0.497 e. The van der Waals surface area contributed by atoms with Gasteiger partial charge in [0, 0.05) is 26.3 Å². The number of esters is 3. The predicted molar refractivity (Wildman–Crippen MR) is 122 cm³/mol. The van der Waals surface area contributed by atoms with Crippen LogP contribution in [-0.2, 0) is 33.3 Å². The fourth-order valence-electron chi connectivity index (χ4n) is 4.01. The number of nitrogens with one attached hydrogen (secondary N) is 1. The van der Waals surface area contributed by atoms with Gasteiger partial charge in [-0.3, -0.25) is 23.7 Å². The maximum Gasteiger partial charge on any atom is 0.303 e. The average Bonchev–Trinajstić information content (AvgIpc) is 3.36. The lowest BCUT2D eigenvalue weighted by molar-refractivity contribution is -0.166. The number of imidazole rings is 1. The van der Waals surface area contributed by atoms with Crippen molar-refractivity contribution >= 4 is 29.1 Å². The number of ether oxygens (including phenoxy) is 5. The molecule has 3 heterocycles. The van der Waals surface area contributed by atoms with Gasteiger partial charge in [-0.15, -0.1) is 0 Å². The molecule has 0 amide bonds. The summed E-state index contributed by atoms with van der Waals surface area (Å²) < 4.78 is 28.9. The van der Waals surface area contributed by atoms with Crippen molar-refractivity contribution in [3.63, 3.8) is 0 Å². The standard InChI is InChI=1S/C23H24N4O9/c1-11(28)33-9-16-18(34-12(2)29)19(35-13(3)30)23(36-16)27-20(14-5-7-15(32-4)8-6-14)26-17-21(27)24-10-25-22(17)31/h5-8,10,16,18-19,23H,9H2,1-4H3,(H,24,25,31)/t16-,18-,19-,23-/m1/s1. The van der Waals surface area contributed by atoms with Crippen LogP contribution in [0.25, 0.3) is 22.6 Å². The number of hydrogen-bond donors (Lipinski definition) is 1. The summed E-state index contributed by atoms with van der Waals surface area (Å²) >= 11 is 0. The van der Waals surface area contributed by atoms with Gasteiger partial charge in [-0.1, -0.05) is 0 Å². The van der Waals surface area contributed by atoms with Crippen molar-refractivity contribution in [1.29, 1.82) is 0 Å². The van der Waals surface area contributed by atoms with E-state index in [2.05, 4.69) is 15.0 Å². The molecule has 13 nitrogen and oxygen atoms in total. The molecule has 0 saturated carbocycles. The van der Waals surface area contributed by atoms with Crippen molar-refractivity contribution in [2.24, 2.45) is 0 Å². The highest BCUT2D eigenvalue weighted by atomic mass is 16.7. The molecule has 0 aliphatic carbocycles. The quantitative estimate of drug-likeness (QED) is 0.365. The molecule has 2 aromatic heterocycles. The third-order valence-electron chi connectivity index (χ3n) is 5.43. The first kappa shape index (κ1) is 24.9. The molecular formula is C23H24N4O9. The molecule has 1 saturated heterocycles. The lowest BCUT2D eigenvalue weighted by Gasteiger charge is -2.24. The fraction of sp³-hybridized carbons (Fsp3) is 0.391. The molecule has 0 spiro atoms. The number of methoxy groups -OCH3 is 1. The summed E-state index contributed by atoms with van der Waals surface area (Å²) in [4.78, 5) is 59.2. The summed E-state index contributed by atoms with van der Waals surface area (Å²) in [5, 5.41) is 0. The maximum absolute atomic E-state index is 12.6. The normalized spacial score (nSPS) is 21.2. The molecule has 0 radical (unpaired) electrons. The van der Waals surface area contributed by atoms with Crippen LogP contribution < -0.4 is 10.3 Å². The Labute approximate surface area is 204 Å². The van der Waals surface area contributed by atoms with Gasteiger partial charge in [0.1, 0.15) is 24.3 Å². The van der Waals surface area contributed by atoms with Crippen LogP contribution in [-0.4, -0.2) is 69.5 Å². The molecule has 1 fully saturated rings. The van der Waals surface area contributed by atoms with Crippen LogP contribution in [0, 0.1) is 0 Å². The summed E-state index contributed by atoms with van der Waals surface area (Å²) in [6.07, 6.45) is -3.23. The minimum absolute atomic E-state index is 0.0148. The number of rotatable bonds is 7. The topological polar surface area (TPSA) is 161 Å². The molecular weight excluding hydrogens is 476 g/mol. The van der Waals surface area contributed by atoms with Crippen molar-refractivity contribution in [1.82, 2.24) is 19.5 Å². The van der Waals surface area contributed by atoms with Crippen molar-refractivity contribution < 1.29 is 38.1 Å². The van der Waals surface area contributed by atoms with Crippen LogP contribution in [0.5, 0.6) is 5.75 Å². The Kier molecular flexibility index (Phi) is 7.01. The van der Waals surface area contributed by atoms with E-state index in [0.717, 1.165) is 0 Å². The van der Waals surface area contributed by atoms with Gasteiger partial charge in [-0.05, 0) is 24.3 Å². The highest BCUT2D eigenvalue weighted by Crippen LogP contribution is 2.38. The highest BCUT2D eigenvalue weighted by Gasteiger charge is 2.51. The predicted octanol–water partition coefficient (Wildman–Crippen LogP) is 1.12. The minimum atomic E-state index is -1.18. The molecule has 1 aliphatic heterocycles. The number of benzene rings is 1. The SMILES string of the molecule is COc1ccc(-c2nc3c(=O)[nH]cnc3n2[C@@H]2O[C@H](COC(C)=O)[C@@H](OC(C)=O)[C@H]2OC(C)=O)cc1. The van der Waals surface area contributed by atoms with Gasteiger partial charge in [0.25, 0.3) is 5.56 Å². The number of hydrogen-bond acceptors (Lipinski definition) is 11. The molecule has 1 aliphatic rings. The van der Waals surface area contributed by atoms with Gasteiger partial charge >= 0.3 is 17.9 Å². The van der Waals surface area contributed by atoms with Gasteiger partial charge < -0.3 is 28.7 Å². The van der Waals surface area contributed by atoms with Crippen molar-refractivity contribution in [2.45, 2.75) is 45.3 Å². The first-order valence-corrected chi connectivity index (χ1v) is 10.9. The zero-order valence-corrected chi connectivity index (χ0v) is 19.9. The molecule has 1 N–H and O–H groups in total. The Bertz CT molecular complexity index is 1350. The number of aromatic nitrogens is 4. The maximum atomic E-state index is 12.6. The second-order valence-electron chi connectivity index (χ2n) is 7.95. The molecule has 0 bridgehead atoms. The molecule has 190 valence electrons. The molecule has 13 heteroatoms. The van der Waals surface area contributed by atoms with E-state index in [4.69, 9.17) is 23.7 Å². The van der Waals surface area contributed by atoms with E-state index in [9.17, 15) is 19.2 Å². The third kappa shape index (κ3) is 4.91. The number of carbonyl (C=O) groups excluding carboxylic acids is 3. The van der Waals surface area contributed by atoms with Crippen LogP contribution in [0.2, 0.25) is 0 Å². The monoisotopic (exact) mass is 500 g/mol. The molecule has 3 aromatic rings. The van der Waals surface area contributed by atoms with Crippen LogP contribution >= 0.6 is 0 Å². The van der Waals surface area contributed by atoms with Crippen LogP contribution in [0.15, 0.2) is 35.4 Å². The largest absolute Gasteiger partial charge is 0.497 e. The number of carbonyl (C=O) groups is 3. The zero-order valence-electron chi connectivity index (χ0n) is 19.9. The first-order valence-electron chi connectivity index (χ1n) is 10.9. The lowest BCUT2D eigenvalue weighted by Crippen LogP contribution is -2.40. The van der Waals surface area contributed by atoms with Gasteiger partial charge in [0.15, 0.2) is 29.6 Å². The Morgan fingerprint density at radius 2 is 1.69 bits per heavy atom. The van der Waals surface area contributed by atoms with E-state index in [1.165, 1.54) is 38.8 Å². The fourth-order valence-corrected chi connectivity index (χ4v) is 4.01. The Balaban J connectivity index is 1.90. The van der Waals surface area contributed by atoms with Crippen LogP contribution in [0.1, 0.15) is 27.0 Å². The zero-order chi connectivity index (χ0) is 26.0. The molecule has 36 heavy (non-hydrogen) atoms. The summed E-state index contributed by atoms with van der Waals surface area (Å²) in [5.74, 6) is -1.03. The molecule has 0 unspecified atom stereocenters. The number of aromatic amines is 1. The van der Waals surface area contributed by atoms with Gasteiger partial charge in [-0.2, -0.15) is 0 Å². The Morgan fingerprint density at radius 3 is 2.31 bits per heavy atom. The van der Waals surface area contributed by atoms with E-state index in [1.807, 2.05) is 0 Å². The van der Waals surface area contributed by atoms with Crippen molar-refractivity contribution in [2.75, 3.05) is 13.7 Å². The van der Waals surface area contributed by atoms with E-state index in [1.54, 1.807) is 24.3 Å². The van der Waals surface area contributed by atoms with Crippen LogP contribution in [0.3, 0.4) is 0 Å².